The van der Waals surface area contributed by atoms with Crippen LogP contribution < -0.4 is 11.1 Å². The van der Waals surface area contributed by atoms with Crippen LogP contribution >= 0.6 is 0 Å². The monoisotopic (exact) mass is 297 g/mol. The highest BCUT2D eigenvalue weighted by Gasteiger charge is 2.29. The molecule has 1 aromatic rings. The van der Waals surface area contributed by atoms with E-state index >= 15 is 0 Å². The largest absolute Gasteiger partial charge is 0.397 e. The summed E-state index contributed by atoms with van der Waals surface area (Å²) in [6.07, 6.45) is 0. The number of sulfone groups is 1. The molecule has 1 aliphatic heterocycles. The molecule has 0 aliphatic carbocycles. The van der Waals surface area contributed by atoms with E-state index in [0.717, 1.165) is 0 Å². The zero-order valence-corrected chi connectivity index (χ0v) is 12.2. The SMILES string of the molecule is CC1CS(=O)(=O)CCN1CC(=O)Nc1ccccc1N. The number of amides is 1. The minimum absolute atomic E-state index is 0.105. The van der Waals surface area contributed by atoms with Crippen molar-refractivity contribution >= 4 is 27.1 Å². The third-order valence-electron chi connectivity index (χ3n) is 3.39. The quantitative estimate of drug-likeness (QED) is 0.784. The van der Waals surface area contributed by atoms with Gasteiger partial charge in [0.05, 0.1) is 29.4 Å². The van der Waals surface area contributed by atoms with Gasteiger partial charge in [-0.05, 0) is 19.1 Å². The van der Waals surface area contributed by atoms with Crippen LogP contribution in [0.2, 0.25) is 0 Å². The van der Waals surface area contributed by atoms with E-state index in [4.69, 9.17) is 5.73 Å². The lowest BCUT2D eigenvalue weighted by atomic mass is 10.2. The standard InChI is InChI=1S/C13H19N3O3S/c1-10-9-20(18,19)7-6-16(10)8-13(17)15-12-5-3-2-4-11(12)14/h2-5,10H,6-9,14H2,1H3,(H,15,17). The first-order valence-electron chi connectivity index (χ1n) is 6.46. The molecule has 1 atom stereocenters. The van der Waals surface area contributed by atoms with Crippen molar-refractivity contribution in [3.63, 3.8) is 0 Å². The zero-order chi connectivity index (χ0) is 14.8. The van der Waals surface area contributed by atoms with Gasteiger partial charge in [0.1, 0.15) is 0 Å². The minimum atomic E-state index is -2.96. The molecule has 7 heteroatoms. The van der Waals surface area contributed by atoms with E-state index in [-0.39, 0.29) is 30.0 Å². The summed E-state index contributed by atoms with van der Waals surface area (Å²) in [5.74, 6) is 0.0281. The Balaban J connectivity index is 1.94. The van der Waals surface area contributed by atoms with Crippen LogP contribution in [0, 0.1) is 0 Å². The van der Waals surface area contributed by atoms with Gasteiger partial charge < -0.3 is 11.1 Å². The number of nitrogen functional groups attached to an aromatic ring is 1. The van der Waals surface area contributed by atoms with Gasteiger partial charge in [0.25, 0.3) is 0 Å². The molecule has 1 amide bonds. The number of hydrogen-bond donors (Lipinski definition) is 2. The van der Waals surface area contributed by atoms with Crippen LogP contribution in [0.25, 0.3) is 0 Å². The van der Waals surface area contributed by atoms with Crippen LogP contribution in [0.15, 0.2) is 24.3 Å². The lowest BCUT2D eigenvalue weighted by Gasteiger charge is -2.32. The van der Waals surface area contributed by atoms with Crippen molar-refractivity contribution in [1.82, 2.24) is 4.90 Å². The van der Waals surface area contributed by atoms with Crippen molar-refractivity contribution in [2.75, 3.05) is 35.6 Å². The van der Waals surface area contributed by atoms with Gasteiger partial charge in [0, 0.05) is 12.6 Å². The van der Waals surface area contributed by atoms with Gasteiger partial charge >= 0.3 is 0 Å². The molecule has 0 spiro atoms. The maximum atomic E-state index is 12.0. The summed E-state index contributed by atoms with van der Waals surface area (Å²) in [7, 11) is -2.96. The second-order valence-corrected chi connectivity index (χ2v) is 7.30. The third-order valence-corrected chi connectivity index (χ3v) is 5.18. The minimum Gasteiger partial charge on any atom is -0.397 e. The molecule has 0 saturated carbocycles. The van der Waals surface area contributed by atoms with Crippen LogP contribution in [0.3, 0.4) is 0 Å². The Morgan fingerprint density at radius 1 is 1.45 bits per heavy atom. The van der Waals surface area contributed by atoms with E-state index in [1.807, 2.05) is 11.8 Å². The van der Waals surface area contributed by atoms with Crippen LogP contribution in [-0.2, 0) is 14.6 Å². The van der Waals surface area contributed by atoms with Gasteiger partial charge in [-0.25, -0.2) is 8.42 Å². The normalized spacial score (nSPS) is 22.4. The number of benzene rings is 1. The van der Waals surface area contributed by atoms with Gasteiger partial charge in [-0.1, -0.05) is 12.1 Å². The first-order valence-corrected chi connectivity index (χ1v) is 8.28. The zero-order valence-electron chi connectivity index (χ0n) is 11.4. The molecular weight excluding hydrogens is 278 g/mol. The molecule has 1 fully saturated rings. The Morgan fingerprint density at radius 2 is 2.15 bits per heavy atom. The van der Waals surface area contributed by atoms with Gasteiger partial charge in [0.15, 0.2) is 9.84 Å². The number of rotatable bonds is 3. The average Bonchev–Trinajstić information content (AvgIpc) is 2.35. The Morgan fingerprint density at radius 3 is 2.80 bits per heavy atom. The second-order valence-electron chi connectivity index (χ2n) is 5.07. The molecule has 6 nitrogen and oxygen atoms in total. The van der Waals surface area contributed by atoms with Gasteiger partial charge in [-0.3, -0.25) is 9.69 Å². The van der Waals surface area contributed by atoms with Crippen molar-refractivity contribution in [2.24, 2.45) is 0 Å². The van der Waals surface area contributed by atoms with E-state index in [1.165, 1.54) is 0 Å². The first-order chi connectivity index (χ1) is 9.37. The van der Waals surface area contributed by atoms with E-state index in [0.29, 0.717) is 17.9 Å². The molecule has 2 rings (SSSR count). The molecule has 20 heavy (non-hydrogen) atoms. The van der Waals surface area contributed by atoms with E-state index < -0.39 is 9.84 Å². The number of hydrogen-bond acceptors (Lipinski definition) is 5. The maximum absolute atomic E-state index is 12.0. The number of carbonyl (C=O) groups excluding carboxylic acids is 1. The highest BCUT2D eigenvalue weighted by molar-refractivity contribution is 7.91. The van der Waals surface area contributed by atoms with E-state index in [9.17, 15) is 13.2 Å². The average molecular weight is 297 g/mol. The smallest absolute Gasteiger partial charge is 0.238 e. The predicted octanol–water partition coefficient (Wildman–Crippen LogP) is 0.326. The molecule has 0 bridgehead atoms. The molecule has 1 heterocycles. The third kappa shape index (κ3) is 3.71. The molecule has 1 unspecified atom stereocenters. The summed E-state index contributed by atoms with van der Waals surface area (Å²) in [4.78, 5) is 13.9. The Hall–Kier alpha value is -1.60. The highest BCUT2D eigenvalue weighted by atomic mass is 32.2. The van der Waals surface area contributed by atoms with Crippen LogP contribution in [0.5, 0.6) is 0 Å². The summed E-state index contributed by atoms with van der Waals surface area (Å²) >= 11 is 0. The Bertz CT molecular complexity index is 601. The fraction of sp³-hybridized carbons (Fsp3) is 0.462. The maximum Gasteiger partial charge on any atom is 0.238 e. The summed E-state index contributed by atoms with van der Waals surface area (Å²) < 4.78 is 23.0. The van der Waals surface area contributed by atoms with E-state index in [2.05, 4.69) is 5.32 Å². The molecule has 1 saturated heterocycles. The molecule has 0 radical (unpaired) electrons. The fourth-order valence-electron chi connectivity index (χ4n) is 2.25. The number of carbonyl (C=O) groups is 1. The number of para-hydroxylation sites is 2. The molecule has 0 aromatic heterocycles. The van der Waals surface area contributed by atoms with Gasteiger partial charge in [0.2, 0.25) is 5.91 Å². The van der Waals surface area contributed by atoms with Crippen LogP contribution in [-0.4, -0.2) is 49.9 Å². The number of nitrogens with one attached hydrogen (secondary N) is 1. The summed E-state index contributed by atoms with van der Waals surface area (Å²) in [6.45, 7) is 2.38. The van der Waals surface area contributed by atoms with Crippen LogP contribution in [0.1, 0.15) is 6.92 Å². The second kappa shape index (κ2) is 5.80. The topological polar surface area (TPSA) is 92.5 Å². The molecular formula is C13H19N3O3S. The number of anilines is 2. The van der Waals surface area contributed by atoms with Crippen LogP contribution in [0.4, 0.5) is 11.4 Å². The van der Waals surface area contributed by atoms with Crippen molar-refractivity contribution in [2.45, 2.75) is 13.0 Å². The predicted molar refractivity (Wildman–Crippen MR) is 79.2 cm³/mol. The summed E-state index contributed by atoms with van der Waals surface area (Å²) in [6, 6.07) is 6.89. The molecule has 1 aromatic carbocycles. The lowest BCUT2D eigenvalue weighted by molar-refractivity contribution is -0.117. The molecule has 110 valence electrons. The number of nitrogens with zero attached hydrogens (tertiary/aromatic N) is 1. The first kappa shape index (κ1) is 14.8. The lowest BCUT2D eigenvalue weighted by Crippen LogP contribution is -2.49. The van der Waals surface area contributed by atoms with Crippen molar-refractivity contribution in [3.8, 4) is 0 Å². The molecule has 1 aliphatic rings. The molecule has 3 N–H and O–H groups in total. The summed E-state index contributed by atoms with van der Waals surface area (Å²) in [5.41, 5.74) is 6.85. The van der Waals surface area contributed by atoms with Crippen molar-refractivity contribution in [1.29, 1.82) is 0 Å². The fourth-order valence-corrected chi connectivity index (χ4v) is 3.88. The van der Waals surface area contributed by atoms with Gasteiger partial charge in [-0.2, -0.15) is 0 Å². The highest BCUT2D eigenvalue weighted by Crippen LogP contribution is 2.17. The van der Waals surface area contributed by atoms with Crippen molar-refractivity contribution < 1.29 is 13.2 Å². The van der Waals surface area contributed by atoms with Crippen molar-refractivity contribution in [3.05, 3.63) is 24.3 Å². The summed E-state index contributed by atoms with van der Waals surface area (Å²) in [5, 5.41) is 2.74. The Labute approximate surface area is 118 Å². The Kier molecular flexibility index (Phi) is 4.29. The van der Waals surface area contributed by atoms with E-state index in [1.54, 1.807) is 24.3 Å². The number of nitrogens with two attached hydrogens (primary N) is 1. The van der Waals surface area contributed by atoms with Gasteiger partial charge in [-0.15, -0.1) is 0 Å².